The lowest BCUT2D eigenvalue weighted by molar-refractivity contribution is 0.623. The Morgan fingerprint density at radius 1 is 1.29 bits per heavy atom. The van der Waals surface area contributed by atoms with Crippen molar-refractivity contribution in [3.63, 3.8) is 0 Å². The van der Waals surface area contributed by atoms with Gasteiger partial charge in [-0.2, -0.15) is 0 Å². The zero-order valence-corrected chi connectivity index (χ0v) is 8.36. The van der Waals surface area contributed by atoms with Crippen LogP contribution in [0.2, 0.25) is 0 Å². The van der Waals surface area contributed by atoms with Crippen LogP contribution in [0, 0.1) is 6.57 Å². The summed E-state index contributed by atoms with van der Waals surface area (Å²) >= 11 is 0. The number of benzene rings is 1. The van der Waals surface area contributed by atoms with Crippen molar-refractivity contribution in [1.29, 1.82) is 0 Å². The minimum absolute atomic E-state index is 0.438. The fourth-order valence-electron chi connectivity index (χ4n) is 1.66. The molecule has 0 fully saturated rings. The highest BCUT2D eigenvalue weighted by molar-refractivity contribution is 5.83. The van der Waals surface area contributed by atoms with Crippen LogP contribution in [0.25, 0.3) is 15.7 Å². The van der Waals surface area contributed by atoms with Crippen LogP contribution in [0.1, 0.15) is 19.9 Å². The van der Waals surface area contributed by atoms with E-state index in [-0.39, 0.29) is 0 Å². The van der Waals surface area contributed by atoms with E-state index in [1.807, 2.05) is 18.2 Å². The molecule has 1 aromatic carbocycles. The van der Waals surface area contributed by atoms with Gasteiger partial charge in [0.1, 0.15) is 0 Å². The second kappa shape index (κ2) is 3.19. The van der Waals surface area contributed by atoms with Gasteiger partial charge in [0, 0.05) is 17.8 Å². The average molecular weight is 184 g/mol. The Balaban J connectivity index is 2.71. The summed E-state index contributed by atoms with van der Waals surface area (Å²) in [6, 6.07) is 8.33. The molecule has 1 heterocycles. The predicted molar refractivity (Wildman–Crippen MR) is 58.6 cm³/mol. The summed E-state index contributed by atoms with van der Waals surface area (Å²) in [5.74, 6) is 0. The summed E-state index contributed by atoms with van der Waals surface area (Å²) in [6.07, 6.45) is 2.07. The summed E-state index contributed by atoms with van der Waals surface area (Å²) < 4.78 is 2.18. The van der Waals surface area contributed by atoms with Crippen molar-refractivity contribution < 1.29 is 0 Å². The van der Waals surface area contributed by atoms with Crippen molar-refractivity contribution in [2.45, 2.75) is 19.9 Å². The van der Waals surface area contributed by atoms with Crippen LogP contribution in [0.4, 0.5) is 5.69 Å². The van der Waals surface area contributed by atoms with Crippen LogP contribution in [-0.4, -0.2) is 4.57 Å². The topological polar surface area (TPSA) is 9.29 Å². The predicted octanol–water partition coefficient (Wildman–Crippen LogP) is 3.77. The van der Waals surface area contributed by atoms with E-state index in [2.05, 4.69) is 35.5 Å². The highest BCUT2D eigenvalue weighted by Gasteiger charge is 2.04. The second-order valence-corrected chi connectivity index (χ2v) is 3.67. The molecule has 0 saturated carbocycles. The molecule has 0 aliphatic heterocycles. The van der Waals surface area contributed by atoms with Gasteiger partial charge in [-0.1, -0.05) is 12.1 Å². The Kier molecular flexibility index (Phi) is 2.01. The standard InChI is InChI=1S/C12H12N2/c1-9(2)14-7-6-10-4-5-11(13-3)8-12(10)14/h4-9H,1-2H3. The first-order valence-electron chi connectivity index (χ1n) is 4.70. The maximum Gasteiger partial charge on any atom is 0.189 e. The largest absolute Gasteiger partial charge is 0.346 e. The van der Waals surface area contributed by atoms with Gasteiger partial charge in [0.2, 0.25) is 0 Å². The molecule has 2 nitrogen and oxygen atoms in total. The molecule has 1 aromatic heterocycles. The molecule has 0 atom stereocenters. The number of fused-ring (bicyclic) bond motifs is 1. The van der Waals surface area contributed by atoms with Gasteiger partial charge in [0.05, 0.1) is 6.57 Å². The first kappa shape index (κ1) is 8.83. The van der Waals surface area contributed by atoms with Gasteiger partial charge in [0.25, 0.3) is 0 Å². The molecule has 0 saturated heterocycles. The molecule has 14 heavy (non-hydrogen) atoms. The Labute approximate surface area is 83.6 Å². The molecule has 0 unspecified atom stereocenters. The van der Waals surface area contributed by atoms with Crippen molar-refractivity contribution in [2.75, 3.05) is 0 Å². The van der Waals surface area contributed by atoms with Gasteiger partial charge >= 0.3 is 0 Å². The lowest BCUT2D eigenvalue weighted by Gasteiger charge is -2.09. The minimum atomic E-state index is 0.438. The first-order chi connectivity index (χ1) is 6.72. The zero-order chi connectivity index (χ0) is 10.1. The lowest BCUT2D eigenvalue weighted by Crippen LogP contribution is -1.97. The monoisotopic (exact) mass is 184 g/mol. The van der Waals surface area contributed by atoms with Gasteiger partial charge in [0.15, 0.2) is 5.69 Å². The van der Waals surface area contributed by atoms with Gasteiger partial charge < -0.3 is 4.57 Å². The van der Waals surface area contributed by atoms with Gasteiger partial charge in [-0.3, -0.25) is 0 Å². The highest BCUT2D eigenvalue weighted by atomic mass is 15.0. The van der Waals surface area contributed by atoms with Crippen LogP contribution in [-0.2, 0) is 0 Å². The van der Waals surface area contributed by atoms with E-state index in [1.165, 1.54) is 5.39 Å². The number of hydrogen-bond acceptors (Lipinski definition) is 0. The third-order valence-electron chi connectivity index (χ3n) is 2.39. The van der Waals surface area contributed by atoms with Gasteiger partial charge in [-0.25, -0.2) is 4.85 Å². The molecule has 0 aliphatic rings. The van der Waals surface area contributed by atoms with Crippen LogP contribution in [0.15, 0.2) is 30.5 Å². The van der Waals surface area contributed by atoms with Crippen LogP contribution < -0.4 is 0 Å². The van der Waals surface area contributed by atoms with E-state index in [1.54, 1.807) is 0 Å². The Hall–Kier alpha value is -1.75. The minimum Gasteiger partial charge on any atom is -0.346 e. The number of rotatable bonds is 1. The fourth-order valence-corrected chi connectivity index (χ4v) is 1.66. The van der Waals surface area contributed by atoms with Crippen LogP contribution in [0.3, 0.4) is 0 Å². The van der Waals surface area contributed by atoms with E-state index < -0.39 is 0 Å². The summed E-state index contributed by atoms with van der Waals surface area (Å²) in [5, 5.41) is 1.20. The number of hydrogen-bond donors (Lipinski definition) is 0. The quantitative estimate of drug-likeness (QED) is 0.597. The summed E-state index contributed by atoms with van der Waals surface area (Å²) in [4.78, 5) is 3.44. The van der Waals surface area contributed by atoms with Gasteiger partial charge in [-0.15, -0.1) is 0 Å². The molecule has 0 aliphatic carbocycles. The molecule has 2 rings (SSSR count). The normalized spacial score (nSPS) is 10.7. The molecule has 2 aromatic rings. The Morgan fingerprint density at radius 3 is 2.71 bits per heavy atom. The number of nitrogens with zero attached hydrogens (tertiary/aromatic N) is 2. The maximum absolute atomic E-state index is 6.97. The van der Waals surface area contributed by atoms with Crippen LogP contribution >= 0.6 is 0 Å². The van der Waals surface area contributed by atoms with Crippen LogP contribution in [0.5, 0.6) is 0 Å². The second-order valence-electron chi connectivity index (χ2n) is 3.67. The molecular weight excluding hydrogens is 172 g/mol. The van der Waals surface area contributed by atoms with E-state index in [9.17, 15) is 0 Å². The molecule has 70 valence electrons. The molecule has 0 bridgehead atoms. The molecule has 0 spiro atoms. The van der Waals surface area contributed by atoms with Crippen molar-refractivity contribution in [3.8, 4) is 0 Å². The molecule has 0 amide bonds. The van der Waals surface area contributed by atoms with E-state index >= 15 is 0 Å². The van der Waals surface area contributed by atoms with Crippen molar-refractivity contribution in [2.24, 2.45) is 0 Å². The van der Waals surface area contributed by atoms with Crippen molar-refractivity contribution in [3.05, 3.63) is 41.9 Å². The van der Waals surface area contributed by atoms with Crippen molar-refractivity contribution in [1.82, 2.24) is 4.57 Å². The molecular formula is C12H12N2. The van der Waals surface area contributed by atoms with E-state index in [0.717, 1.165) is 5.52 Å². The molecule has 0 N–H and O–H groups in total. The fraction of sp³-hybridized carbons (Fsp3) is 0.250. The number of aromatic nitrogens is 1. The zero-order valence-electron chi connectivity index (χ0n) is 8.36. The van der Waals surface area contributed by atoms with Crippen molar-refractivity contribution >= 4 is 16.6 Å². The Bertz CT molecular complexity index is 501. The maximum atomic E-state index is 6.97. The lowest BCUT2D eigenvalue weighted by atomic mass is 10.2. The van der Waals surface area contributed by atoms with Gasteiger partial charge in [-0.05, 0) is 31.4 Å². The van der Waals surface area contributed by atoms with E-state index in [4.69, 9.17) is 6.57 Å². The highest BCUT2D eigenvalue weighted by Crippen LogP contribution is 2.24. The third-order valence-corrected chi connectivity index (χ3v) is 2.39. The third kappa shape index (κ3) is 1.27. The molecule has 0 radical (unpaired) electrons. The first-order valence-corrected chi connectivity index (χ1v) is 4.70. The summed E-state index contributed by atoms with van der Waals surface area (Å²) in [5.41, 5.74) is 1.85. The summed E-state index contributed by atoms with van der Waals surface area (Å²) in [6.45, 7) is 11.3. The Morgan fingerprint density at radius 2 is 2.07 bits per heavy atom. The SMILES string of the molecule is [C-]#[N+]c1ccc2ccn(C(C)C)c2c1. The van der Waals surface area contributed by atoms with E-state index in [0.29, 0.717) is 11.7 Å². The average Bonchev–Trinajstić information content (AvgIpc) is 2.59. The molecule has 2 heteroatoms. The summed E-state index contributed by atoms with van der Waals surface area (Å²) in [7, 11) is 0. The smallest absolute Gasteiger partial charge is 0.189 e.